The average molecular weight is 360 g/mol. The molecular formula is C18H24N4O2S. The lowest BCUT2D eigenvalue weighted by molar-refractivity contribution is -0.126. The lowest BCUT2D eigenvalue weighted by Crippen LogP contribution is -2.44. The van der Waals surface area contributed by atoms with Crippen LogP contribution in [0.5, 0.6) is 0 Å². The topological polar surface area (TPSA) is 67.4 Å². The van der Waals surface area contributed by atoms with Crippen LogP contribution in [-0.2, 0) is 22.5 Å². The van der Waals surface area contributed by atoms with Gasteiger partial charge in [-0.2, -0.15) is 0 Å². The SMILES string of the molecule is Cc1nnc(CCNC(=O)C[C@@H]2CN(Cc3ccccc3)CCO2)s1. The van der Waals surface area contributed by atoms with Gasteiger partial charge in [0.2, 0.25) is 5.91 Å². The van der Waals surface area contributed by atoms with Gasteiger partial charge in [0, 0.05) is 32.6 Å². The number of rotatable bonds is 7. The molecule has 1 saturated heterocycles. The van der Waals surface area contributed by atoms with E-state index in [9.17, 15) is 4.79 Å². The quantitative estimate of drug-likeness (QED) is 0.815. The minimum absolute atomic E-state index is 0.0350. The lowest BCUT2D eigenvalue weighted by atomic mass is 10.1. The molecular weight excluding hydrogens is 336 g/mol. The van der Waals surface area contributed by atoms with Crippen LogP contribution in [0.4, 0.5) is 0 Å². The van der Waals surface area contributed by atoms with E-state index in [0.717, 1.165) is 36.1 Å². The number of aryl methyl sites for hydroxylation is 1. The number of ether oxygens (including phenoxy) is 1. The first-order valence-electron chi connectivity index (χ1n) is 8.62. The van der Waals surface area contributed by atoms with Crippen LogP contribution in [0.15, 0.2) is 30.3 Å². The maximum absolute atomic E-state index is 12.1. The Bertz CT molecular complexity index is 677. The lowest BCUT2D eigenvalue weighted by Gasteiger charge is -2.32. The predicted octanol–water partition coefficient (Wildman–Crippen LogP) is 1.80. The number of carbonyl (C=O) groups excluding carboxylic acids is 1. The van der Waals surface area contributed by atoms with E-state index < -0.39 is 0 Å². The van der Waals surface area contributed by atoms with Crippen molar-refractivity contribution in [3.05, 3.63) is 45.9 Å². The van der Waals surface area contributed by atoms with Crippen molar-refractivity contribution >= 4 is 17.2 Å². The molecule has 0 aliphatic carbocycles. The molecule has 0 saturated carbocycles. The Morgan fingerprint density at radius 2 is 2.20 bits per heavy atom. The Labute approximate surface area is 152 Å². The monoisotopic (exact) mass is 360 g/mol. The fourth-order valence-electron chi connectivity index (χ4n) is 2.92. The Hall–Kier alpha value is -1.83. The number of hydrogen-bond donors (Lipinski definition) is 1. The van der Waals surface area contributed by atoms with Gasteiger partial charge in [-0.1, -0.05) is 30.3 Å². The molecule has 1 aliphatic heterocycles. The first-order chi connectivity index (χ1) is 12.2. The van der Waals surface area contributed by atoms with Crippen molar-refractivity contribution in [2.75, 3.05) is 26.2 Å². The van der Waals surface area contributed by atoms with Gasteiger partial charge in [-0.25, -0.2) is 0 Å². The van der Waals surface area contributed by atoms with Crippen LogP contribution < -0.4 is 5.32 Å². The van der Waals surface area contributed by atoms with Gasteiger partial charge in [0.15, 0.2) is 0 Å². The van der Waals surface area contributed by atoms with Gasteiger partial charge < -0.3 is 10.1 Å². The molecule has 0 unspecified atom stereocenters. The summed E-state index contributed by atoms with van der Waals surface area (Å²) in [6, 6.07) is 10.4. The van der Waals surface area contributed by atoms with Crippen molar-refractivity contribution in [3.63, 3.8) is 0 Å². The smallest absolute Gasteiger partial charge is 0.222 e. The van der Waals surface area contributed by atoms with E-state index in [1.807, 2.05) is 13.0 Å². The zero-order valence-corrected chi connectivity index (χ0v) is 15.3. The van der Waals surface area contributed by atoms with E-state index in [4.69, 9.17) is 4.74 Å². The number of carbonyl (C=O) groups is 1. The van der Waals surface area contributed by atoms with Crippen LogP contribution in [0.3, 0.4) is 0 Å². The first-order valence-corrected chi connectivity index (χ1v) is 9.44. The minimum atomic E-state index is -0.0405. The van der Waals surface area contributed by atoms with Crippen LogP contribution in [0.25, 0.3) is 0 Å². The Morgan fingerprint density at radius 3 is 2.96 bits per heavy atom. The summed E-state index contributed by atoms with van der Waals surface area (Å²) in [6.07, 6.45) is 1.09. The molecule has 1 aliphatic rings. The fourth-order valence-corrected chi connectivity index (χ4v) is 3.62. The van der Waals surface area contributed by atoms with Gasteiger partial charge in [0.1, 0.15) is 10.0 Å². The van der Waals surface area contributed by atoms with Crippen LogP contribution in [0.1, 0.15) is 22.0 Å². The van der Waals surface area contributed by atoms with Gasteiger partial charge in [-0.05, 0) is 12.5 Å². The zero-order chi connectivity index (χ0) is 17.5. The second-order valence-corrected chi connectivity index (χ2v) is 7.50. The molecule has 2 aromatic rings. The summed E-state index contributed by atoms with van der Waals surface area (Å²) in [5.74, 6) is 0.0350. The Morgan fingerprint density at radius 1 is 1.36 bits per heavy atom. The van der Waals surface area contributed by atoms with Crippen LogP contribution in [0.2, 0.25) is 0 Å². The van der Waals surface area contributed by atoms with Crippen LogP contribution >= 0.6 is 11.3 Å². The van der Waals surface area contributed by atoms with E-state index in [1.165, 1.54) is 5.56 Å². The van der Waals surface area contributed by atoms with Crippen LogP contribution in [-0.4, -0.2) is 53.3 Å². The molecule has 0 bridgehead atoms. The summed E-state index contributed by atoms with van der Waals surface area (Å²) in [6.45, 7) is 5.80. The van der Waals surface area contributed by atoms with Crippen molar-refractivity contribution in [2.24, 2.45) is 0 Å². The maximum Gasteiger partial charge on any atom is 0.222 e. The second kappa shape index (κ2) is 9.03. The number of benzene rings is 1. The van der Waals surface area contributed by atoms with Crippen molar-refractivity contribution in [3.8, 4) is 0 Å². The minimum Gasteiger partial charge on any atom is -0.375 e. The molecule has 1 fully saturated rings. The molecule has 3 rings (SSSR count). The molecule has 1 N–H and O–H groups in total. The van der Waals surface area contributed by atoms with Crippen LogP contribution in [0, 0.1) is 6.92 Å². The summed E-state index contributed by atoms with van der Waals surface area (Å²) >= 11 is 1.57. The highest BCUT2D eigenvalue weighted by atomic mass is 32.1. The van der Waals surface area contributed by atoms with E-state index in [0.29, 0.717) is 19.6 Å². The third kappa shape index (κ3) is 5.88. The van der Waals surface area contributed by atoms with Crippen molar-refractivity contribution < 1.29 is 9.53 Å². The molecule has 1 atom stereocenters. The highest BCUT2D eigenvalue weighted by molar-refractivity contribution is 7.11. The van der Waals surface area contributed by atoms with Gasteiger partial charge >= 0.3 is 0 Å². The number of hydrogen-bond acceptors (Lipinski definition) is 6. The van der Waals surface area contributed by atoms with Gasteiger partial charge in [0.25, 0.3) is 0 Å². The van der Waals surface area contributed by atoms with E-state index in [2.05, 4.69) is 44.7 Å². The van der Waals surface area contributed by atoms with Crippen molar-refractivity contribution in [1.29, 1.82) is 0 Å². The summed E-state index contributed by atoms with van der Waals surface area (Å²) < 4.78 is 5.76. The molecule has 134 valence electrons. The zero-order valence-electron chi connectivity index (χ0n) is 14.5. The number of morpholine rings is 1. The summed E-state index contributed by atoms with van der Waals surface area (Å²) in [5, 5.41) is 12.9. The first kappa shape index (κ1) is 18.0. The fraction of sp³-hybridized carbons (Fsp3) is 0.500. The molecule has 25 heavy (non-hydrogen) atoms. The van der Waals surface area contributed by atoms with E-state index in [-0.39, 0.29) is 12.0 Å². The highest BCUT2D eigenvalue weighted by Gasteiger charge is 2.22. The second-order valence-electron chi connectivity index (χ2n) is 6.23. The maximum atomic E-state index is 12.1. The predicted molar refractivity (Wildman–Crippen MR) is 97.4 cm³/mol. The Kier molecular flexibility index (Phi) is 6.49. The largest absolute Gasteiger partial charge is 0.375 e. The van der Waals surface area contributed by atoms with Gasteiger partial charge in [0.05, 0.1) is 19.1 Å². The summed E-state index contributed by atoms with van der Waals surface area (Å²) in [7, 11) is 0. The third-order valence-electron chi connectivity index (χ3n) is 4.11. The number of nitrogens with one attached hydrogen (secondary N) is 1. The molecule has 2 heterocycles. The Balaban J connectivity index is 1.38. The summed E-state index contributed by atoms with van der Waals surface area (Å²) in [5.41, 5.74) is 1.29. The van der Waals surface area contributed by atoms with Crippen molar-refractivity contribution in [2.45, 2.75) is 32.4 Å². The number of aromatic nitrogens is 2. The molecule has 0 spiro atoms. The van der Waals surface area contributed by atoms with E-state index >= 15 is 0 Å². The van der Waals surface area contributed by atoms with Gasteiger partial charge in [-0.3, -0.25) is 9.69 Å². The number of amides is 1. The summed E-state index contributed by atoms with van der Waals surface area (Å²) in [4.78, 5) is 14.5. The number of nitrogens with zero attached hydrogens (tertiary/aromatic N) is 3. The average Bonchev–Trinajstić information content (AvgIpc) is 3.01. The van der Waals surface area contributed by atoms with Gasteiger partial charge in [-0.15, -0.1) is 21.5 Å². The molecule has 0 radical (unpaired) electrons. The third-order valence-corrected chi connectivity index (χ3v) is 5.01. The molecule has 1 aromatic heterocycles. The normalized spacial score (nSPS) is 18.2. The molecule has 1 amide bonds. The molecule has 6 nitrogen and oxygen atoms in total. The molecule has 1 aromatic carbocycles. The highest BCUT2D eigenvalue weighted by Crippen LogP contribution is 2.13. The molecule has 7 heteroatoms. The van der Waals surface area contributed by atoms with E-state index in [1.54, 1.807) is 11.3 Å². The standard InChI is InChI=1S/C18H24N4O2S/c1-14-20-21-18(25-14)7-8-19-17(23)11-16-13-22(9-10-24-16)12-15-5-3-2-4-6-15/h2-6,16H,7-13H2,1H3,(H,19,23)/t16-/m1/s1. The van der Waals surface area contributed by atoms with Crippen molar-refractivity contribution in [1.82, 2.24) is 20.4 Å².